The van der Waals surface area contributed by atoms with E-state index in [-0.39, 0.29) is 35.6 Å². The Hall–Kier alpha value is -2.27. The number of halogens is 4. The topological polar surface area (TPSA) is 87.5 Å². The van der Waals surface area contributed by atoms with Crippen molar-refractivity contribution in [2.24, 2.45) is 7.05 Å². The lowest BCUT2D eigenvalue weighted by atomic mass is 9.95. The molecule has 1 saturated carbocycles. The number of aryl methyl sites for hydroxylation is 1. The summed E-state index contributed by atoms with van der Waals surface area (Å²) >= 11 is 6.29. The Balaban J connectivity index is 1.56. The van der Waals surface area contributed by atoms with Crippen LogP contribution in [0.3, 0.4) is 0 Å². The van der Waals surface area contributed by atoms with Gasteiger partial charge in [0.25, 0.3) is 12.4 Å². The van der Waals surface area contributed by atoms with Crippen molar-refractivity contribution in [2.45, 2.75) is 57.3 Å². The second kappa shape index (κ2) is 11.0. The molecule has 0 radical (unpaired) electrons. The summed E-state index contributed by atoms with van der Waals surface area (Å²) in [6.45, 7) is -0.0239. The second-order valence-electron chi connectivity index (χ2n) is 7.67. The van der Waals surface area contributed by atoms with Crippen LogP contribution in [0.4, 0.5) is 13.2 Å². The molecule has 1 amide bonds. The molecule has 1 atom stereocenters. The first-order valence-corrected chi connectivity index (χ1v) is 10.7. The molecule has 0 aliphatic heterocycles. The zero-order valence-electron chi connectivity index (χ0n) is 17.8. The van der Waals surface area contributed by atoms with Gasteiger partial charge < -0.3 is 19.5 Å². The Bertz CT molecular complexity index is 922. The van der Waals surface area contributed by atoms with Crippen molar-refractivity contribution >= 4 is 28.5 Å². The maximum absolute atomic E-state index is 13.0. The first-order chi connectivity index (χ1) is 15.3. The number of carbonyl (C=O) groups excluding carboxylic acids is 1. The highest BCUT2D eigenvalue weighted by Gasteiger charge is 2.26. The zero-order chi connectivity index (χ0) is 23.3. The molecule has 32 heavy (non-hydrogen) atoms. The fourth-order valence-electron chi connectivity index (χ4n) is 3.60. The number of aromatic nitrogens is 3. The molecule has 0 bridgehead atoms. The van der Waals surface area contributed by atoms with Gasteiger partial charge in [-0.25, -0.2) is 18.2 Å². The van der Waals surface area contributed by atoms with Gasteiger partial charge in [-0.05, 0) is 25.7 Å². The van der Waals surface area contributed by atoms with Crippen molar-refractivity contribution in [1.29, 1.82) is 0 Å². The number of nitrogens with zero attached hydrogens (tertiary/aromatic N) is 3. The highest BCUT2D eigenvalue weighted by Crippen LogP contribution is 2.34. The monoisotopic (exact) mass is 478 g/mol. The molecule has 1 aliphatic rings. The van der Waals surface area contributed by atoms with E-state index in [1.54, 1.807) is 11.6 Å². The molecule has 1 fully saturated rings. The SMILES string of the molecule is CC(=O)N[C@@H](CF)COC1CCC(Oc2nc3cnc(OCC(F)F)c(Cl)c3n2C)CC1. The fourth-order valence-corrected chi connectivity index (χ4v) is 3.93. The number of hydrogen-bond acceptors (Lipinski definition) is 6. The molecule has 0 aromatic carbocycles. The maximum Gasteiger partial charge on any atom is 0.297 e. The van der Waals surface area contributed by atoms with Crippen LogP contribution in [-0.2, 0) is 16.6 Å². The summed E-state index contributed by atoms with van der Waals surface area (Å²) < 4.78 is 56.2. The van der Waals surface area contributed by atoms with Crippen LogP contribution in [0.1, 0.15) is 32.6 Å². The lowest BCUT2D eigenvalue weighted by molar-refractivity contribution is -0.120. The number of carbonyl (C=O) groups is 1. The van der Waals surface area contributed by atoms with Gasteiger partial charge in [-0.2, -0.15) is 4.98 Å². The molecule has 0 spiro atoms. The number of amides is 1. The Morgan fingerprint density at radius 2 is 1.97 bits per heavy atom. The van der Waals surface area contributed by atoms with Crippen LogP contribution in [0.5, 0.6) is 11.9 Å². The molecule has 2 aromatic rings. The van der Waals surface area contributed by atoms with Crippen molar-refractivity contribution in [1.82, 2.24) is 19.9 Å². The number of ether oxygens (including phenoxy) is 3. The second-order valence-corrected chi connectivity index (χ2v) is 8.05. The third-order valence-corrected chi connectivity index (χ3v) is 5.49. The summed E-state index contributed by atoms with van der Waals surface area (Å²) in [7, 11) is 1.71. The summed E-state index contributed by atoms with van der Waals surface area (Å²) in [5.41, 5.74) is 0.942. The largest absolute Gasteiger partial charge is 0.470 e. The summed E-state index contributed by atoms with van der Waals surface area (Å²) in [4.78, 5) is 19.4. The number of rotatable bonds is 10. The summed E-state index contributed by atoms with van der Waals surface area (Å²) in [5, 5.41) is 2.60. The van der Waals surface area contributed by atoms with Gasteiger partial charge in [0.05, 0.1) is 30.5 Å². The van der Waals surface area contributed by atoms with Crippen molar-refractivity contribution in [3.63, 3.8) is 0 Å². The number of pyridine rings is 1. The Morgan fingerprint density at radius 1 is 1.28 bits per heavy atom. The van der Waals surface area contributed by atoms with E-state index in [9.17, 15) is 18.0 Å². The van der Waals surface area contributed by atoms with Crippen LogP contribution >= 0.6 is 11.6 Å². The van der Waals surface area contributed by atoms with E-state index in [1.807, 2.05) is 0 Å². The quantitative estimate of drug-likeness (QED) is 0.563. The van der Waals surface area contributed by atoms with Gasteiger partial charge in [0.15, 0.2) is 6.61 Å². The Labute approximate surface area is 188 Å². The van der Waals surface area contributed by atoms with Gasteiger partial charge in [0.2, 0.25) is 11.8 Å². The summed E-state index contributed by atoms with van der Waals surface area (Å²) in [6.07, 6.45) is 1.50. The molecule has 178 valence electrons. The first kappa shape index (κ1) is 24.4. The van der Waals surface area contributed by atoms with Crippen molar-refractivity contribution in [3.8, 4) is 11.9 Å². The van der Waals surface area contributed by atoms with E-state index in [4.69, 9.17) is 25.8 Å². The van der Waals surface area contributed by atoms with E-state index < -0.39 is 25.7 Å². The van der Waals surface area contributed by atoms with E-state index in [0.29, 0.717) is 29.9 Å². The number of imidazole rings is 1. The average molecular weight is 479 g/mol. The Morgan fingerprint density at radius 3 is 2.59 bits per heavy atom. The van der Waals surface area contributed by atoms with Crippen molar-refractivity contribution < 1.29 is 32.2 Å². The third kappa shape index (κ3) is 6.16. The molecular formula is C20H26ClF3N4O4. The van der Waals surface area contributed by atoms with Crippen LogP contribution in [0, 0.1) is 0 Å². The van der Waals surface area contributed by atoms with Crippen LogP contribution in [0.25, 0.3) is 11.0 Å². The van der Waals surface area contributed by atoms with Crippen molar-refractivity contribution in [2.75, 3.05) is 19.9 Å². The molecule has 8 nitrogen and oxygen atoms in total. The minimum atomic E-state index is -2.64. The number of fused-ring (bicyclic) bond motifs is 1. The number of nitrogens with one attached hydrogen (secondary N) is 1. The van der Waals surface area contributed by atoms with Gasteiger partial charge in [0, 0.05) is 14.0 Å². The average Bonchev–Trinajstić information content (AvgIpc) is 3.07. The van der Waals surface area contributed by atoms with Crippen LogP contribution in [0.2, 0.25) is 5.02 Å². The van der Waals surface area contributed by atoms with Gasteiger partial charge in [-0.1, -0.05) is 11.6 Å². The fraction of sp³-hybridized carbons (Fsp3) is 0.650. The zero-order valence-corrected chi connectivity index (χ0v) is 18.6. The number of hydrogen-bond donors (Lipinski definition) is 1. The van der Waals surface area contributed by atoms with Gasteiger partial charge in [0.1, 0.15) is 23.3 Å². The van der Waals surface area contributed by atoms with Crippen LogP contribution in [-0.4, -0.2) is 65.0 Å². The van der Waals surface area contributed by atoms with Crippen LogP contribution < -0.4 is 14.8 Å². The van der Waals surface area contributed by atoms with E-state index in [2.05, 4.69) is 15.3 Å². The minimum absolute atomic E-state index is 0.0358. The molecular weight excluding hydrogens is 453 g/mol. The molecule has 2 heterocycles. The highest BCUT2D eigenvalue weighted by atomic mass is 35.5. The molecule has 1 N–H and O–H groups in total. The van der Waals surface area contributed by atoms with Gasteiger partial charge in [-0.15, -0.1) is 0 Å². The lowest BCUT2D eigenvalue weighted by Crippen LogP contribution is -2.40. The molecule has 2 aromatic heterocycles. The maximum atomic E-state index is 13.0. The normalized spacial score (nSPS) is 19.8. The van der Waals surface area contributed by atoms with Crippen molar-refractivity contribution in [3.05, 3.63) is 11.2 Å². The smallest absolute Gasteiger partial charge is 0.297 e. The molecule has 12 heteroatoms. The molecule has 0 unspecified atom stereocenters. The number of alkyl halides is 3. The van der Waals surface area contributed by atoms with Crippen LogP contribution in [0.15, 0.2) is 6.20 Å². The standard InChI is InChI=1S/C20H26ClF3N4O4/c1-11(29)26-12(7-22)9-30-13-3-5-14(6-4-13)32-20-27-15-8-25-19(31-10-16(23)24)17(21)18(15)28(20)2/h8,12-14,16H,3-7,9-10H2,1-2H3,(H,26,29)/t12-,13?,14?/m0/s1. The van der Waals surface area contributed by atoms with Gasteiger partial charge >= 0.3 is 0 Å². The predicted octanol–water partition coefficient (Wildman–Crippen LogP) is 3.45. The van der Waals surface area contributed by atoms with E-state index >= 15 is 0 Å². The van der Waals surface area contributed by atoms with Gasteiger partial charge in [-0.3, -0.25) is 9.36 Å². The summed E-state index contributed by atoms with van der Waals surface area (Å²) in [6, 6.07) is -0.309. The molecule has 0 saturated heterocycles. The summed E-state index contributed by atoms with van der Waals surface area (Å²) in [5.74, 6) is -0.378. The third-order valence-electron chi connectivity index (χ3n) is 5.15. The first-order valence-electron chi connectivity index (χ1n) is 10.3. The van der Waals surface area contributed by atoms with E-state index in [1.165, 1.54) is 13.1 Å². The highest BCUT2D eigenvalue weighted by molar-refractivity contribution is 6.36. The molecule has 1 aliphatic carbocycles. The lowest BCUT2D eigenvalue weighted by Gasteiger charge is -2.29. The predicted molar refractivity (Wildman–Crippen MR) is 111 cm³/mol. The minimum Gasteiger partial charge on any atom is -0.470 e. The molecule has 3 rings (SSSR count). The van der Waals surface area contributed by atoms with E-state index in [0.717, 1.165) is 12.8 Å². The Kier molecular flexibility index (Phi) is 8.41.